The lowest BCUT2D eigenvalue weighted by Crippen LogP contribution is -3.00. The summed E-state index contributed by atoms with van der Waals surface area (Å²) in [6.07, 6.45) is 4.47. The summed E-state index contributed by atoms with van der Waals surface area (Å²) < 4.78 is 7.35. The summed E-state index contributed by atoms with van der Waals surface area (Å²) in [6, 6.07) is 11.8. The minimum Gasteiger partial charge on any atom is -1.00 e. The van der Waals surface area contributed by atoms with Crippen molar-refractivity contribution in [3.63, 3.8) is 0 Å². The molecule has 2 aromatic rings. The third kappa shape index (κ3) is 4.70. The van der Waals surface area contributed by atoms with Gasteiger partial charge in [-0.05, 0) is 30.2 Å². The second-order valence-corrected chi connectivity index (χ2v) is 4.59. The standard InChI is InChI=1S/C16H18N2O2.HI/c1-18-10-4-3-5-14(18)7-6-13-11-15(20-2)8-9-16(13)17-12-19;/h3-5,8-12H,6-7H2,1-2H3;1H. The zero-order valence-electron chi connectivity index (χ0n) is 12.2. The maximum Gasteiger partial charge on any atom is 0.211 e. The molecule has 1 N–H and O–H groups in total. The van der Waals surface area contributed by atoms with Crippen molar-refractivity contribution in [2.75, 3.05) is 12.4 Å². The highest BCUT2D eigenvalue weighted by molar-refractivity contribution is 5.73. The number of aromatic nitrogens is 1. The first-order valence-electron chi connectivity index (χ1n) is 6.55. The topological polar surface area (TPSA) is 42.2 Å². The Balaban J connectivity index is 0.00000220. The molecule has 0 spiro atoms. The number of anilines is 1. The fraction of sp³-hybridized carbons (Fsp3) is 0.250. The zero-order chi connectivity index (χ0) is 14.4. The summed E-state index contributed by atoms with van der Waals surface area (Å²) in [5.74, 6) is 0.800. The molecule has 0 aliphatic heterocycles. The number of methoxy groups -OCH3 is 1. The summed E-state index contributed by atoms with van der Waals surface area (Å²) in [7, 11) is 3.68. The van der Waals surface area contributed by atoms with Crippen molar-refractivity contribution in [3.8, 4) is 5.75 Å². The molecule has 0 fully saturated rings. The van der Waals surface area contributed by atoms with Gasteiger partial charge in [-0.1, -0.05) is 6.07 Å². The quantitative estimate of drug-likeness (QED) is 0.381. The molecular weight excluding hydrogens is 379 g/mol. The van der Waals surface area contributed by atoms with Crippen molar-refractivity contribution in [1.29, 1.82) is 0 Å². The van der Waals surface area contributed by atoms with Crippen molar-refractivity contribution in [2.45, 2.75) is 12.8 Å². The number of nitrogens with zero attached hydrogens (tertiary/aromatic N) is 1. The van der Waals surface area contributed by atoms with E-state index in [1.54, 1.807) is 7.11 Å². The number of aryl methyl sites for hydroxylation is 3. The number of carbonyl (C=O) groups is 1. The van der Waals surface area contributed by atoms with Gasteiger partial charge in [0.25, 0.3) is 0 Å². The summed E-state index contributed by atoms with van der Waals surface area (Å²) in [6.45, 7) is 0. The highest BCUT2D eigenvalue weighted by atomic mass is 127. The smallest absolute Gasteiger partial charge is 0.211 e. The van der Waals surface area contributed by atoms with Gasteiger partial charge in [-0.25, -0.2) is 4.57 Å². The average Bonchev–Trinajstić information content (AvgIpc) is 2.48. The van der Waals surface area contributed by atoms with Gasteiger partial charge < -0.3 is 34.0 Å². The molecular formula is C16H19IN2O2. The van der Waals surface area contributed by atoms with E-state index >= 15 is 0 Å². The summed E-state index contributed by atoms with van der Waals surface area (Å²) >= 11 is 0. The van der Waals surface area contributed by atoms with E-state index in [2.05, 4.69) is 16.0 Å². The summed E-state index contributed by atoms with van der Waals surface area (Å²) in [5, 5.41) is 2.74. The van der Waals surface area contributed by atoms with Crippen LogP contribution in [0.25, 0.3) is 0 Å². The molecule has 1 aromatic heterocycles. The van der Waals surface area contributed by atoms with Crippen LogP contribution in [0.2, 0.25) is 0 Å². The molecule has 1 amide bonds. The average molecular weight is 398 g/mol. The van der Waals surface area contributed by atoms with Crippen LogP contribution in [0, 0.1) is 0 Å². The van der Waals surface area contributed by atoms with E-state index in [4.69, 9.17) is 4.74 Å². The van der Waals surface area contributed by atoms with E-state index in [1.807, 2.05) is 43.6 Å². The number of hydrogen-bond acceptors (Lipinski definition) is 2. The molecule has 0 unspecified atom stereocenters. The maximum atomic E-state index is 10.7. The molecule has 4 nitrogen and oxygen atoms in total. The fourth-order valence-corrected chi connectivity index (χ4v) is 2.19. The zero-order valence-corrected chi connectivity index (χ0v) is 14.3. The molecule has 1 aromatic carbocycles. The molecule has 0 aliphatic carbocycles. The van der Waals surface area contributed by atoms with E-state index in [-0.39, 0.29) is 24.0 Å². The number of pyridine rings is 1. The number of nitrogens with one attached hydrogen (secondary N) is 1. The Kier molecular flexibility index (Phi) is 7.14. The molecule has 0 radical (unpaired) electrons. The second-order valence-electron chi connectivity index (χ2n) is 4.59. The molecule has 0 bridgehead atoms. The number of rotatable bonds is 6. The first kappa shape index (κ1) is 17.4. The third-order valence-corrected chi connectivity index (χ3v) is 3.34. The molecule has 2 rings (SSSR count). The number of carbonyl (C=O) groups excluding carboxylic acids is 1. The predicted octanol–water partition coefficient (Wildman–Crippen LogP) is -1.12. The Bertz CT molecular complexity index is 603. The molecule has 1 heterocycles. The number of benzene rings is 1. The van der Waals surface area contributed by atoms with Crippen molar-refractivity contribution in [2.24, 2.45) is 7.05 Å². The Morgan fingerprint density at radius 1 is 1.24 bits per heavy atom. The largest absolute Gasteiger partial charge is 1.00 e. The van der Waals surface area contributed by atoms with Crippen LogP contribution >= 0.6 is 0 Å². The van der Waals surface area contributed by atoms with Gasteiger partial charge in [-0.15, -0.1) is 0 Å². The lowest BCUT2D eigenvalue weighted by molar-refractivity contribution is -0.679. The SMILES string of the molecule is COc1ccc(NC=O)c(CCc2cccc[n+]2C)c1.[I-]. The van der Waals surface area contributed by atoms with Gasteiger partial charge in [0.1, 0.15) is 12.8 Å². The molecule has 5 heteroatoms. The van der Waals surface area contributed by atoms with Crippen LogP contribution in [0.15, 0.2) is 42.6 Å². The highest BCUT2D eigenvalue weighted by Crippen LogP contribution is 2.23. The summed E-state index contributed by atoms with van der Waals surface area (Å²) in [4.78, 5) is 10.7. The van der Waals surface area contributed by atoms with Gasteiger partial charge in [0.05, 0.1) is 7.11 Å². The van der Waals surface area contributed by atoms with E-state index < -0.39 is 0 Å². The van der Waals surface area contributed by atoms with Gasteiger partial charge in [0.2, 0.25) is 6.41 Å². The Labute approximate surface area is 142 Å². The van der Waals surface area contributed by atoms with Gasteiger partial charge in [0.15, 0.2) is 11.9 Å². The molecule has 0 saturated carbocycles. The van der Waals surface area contributed by atoms with Gasteiger partial charge in [-0.2, -0.15) is 0 Å². The van der Waals surface area contributed by atoms with Crippen LogP contribution in [0.1, 0.15) is 11.3 Å². The third-order valence-electron chi connectivity index (χ3n) is 3.34. The number of amides is 1. The minimum absolute atomic E-state index is 0. The Morgan fingerprint density at radius 3 is 2.71 bits per heavy atom. The number of hydrogen-bond donors (Lipinski definition) is 1. The van der Waals surface area contributed by atoms with E-state index in [0.717, 1.165) is 29.8 Å². The van der Waals surface area contributed by atoms with Crippen molar-refractivity contribution >= 4 is 12.1 Å². The monoisotopic (exact) mass is 398 g/mol. The minimum atomic E-state index is 0. The van der Waals surface area contributed by atoms with Crippen LogP contribution in [-0.4, -0.2) is 13.5 Å². The van der Waals surface area contributed by atoms with Gasteiger partial charge in [0, 0.05) is 24.2 Å². The number of halogens is 1. The Morgan fingerprint density at radius 2 is 2.05 bits per heavy atom. The first-order valence-corrected chi connectivity index (χ1v) is 6.55. The van der Waals surface area contributed by atoms with Crippen LogP contribution in [0.4, 0.5) is 5.69 Å². The van der Waals surface area contributed by atoms with Crippen LogP contribution < -0.4 is 38.6 Å². The lowest BCUT2D eigenvalue weighted by Gasteiger charge is -2.10. The van der Waals surface area contributed by atoms with E-state index in [0.29, 0.717) is 6.41 Å². The molecule has 112 valence electrons. The Hall–Kier alpha value is -1.63. The summed E-state index contributed by atoms with van der Waals surface area (Å²) in [5.41, 5.74) is 3.15. The molecule has 0 atom stereocenters. The number of ether oxygens (including phenoxy) is 1. The predicted molar refractivity (Wildman–Crippen MR) is 77.7 cm³/mol. The fourth-order valence-electron chi connectivity index (χ4n) is 2.19. The van der Waals surface area contributed by atoms with E-state index in [1.165, 1.54) is 5.69 Å². The van der Waals surface area contributed by atoms with Gasteiger partial charge in [-0.3, -0.25) is 4.79 Å². The molecule has 0 saturated heterocycles. The van der Waals surface area contributed by atoms with Crippen LogP contribution in [-0.2, 0) is 24.7 Å². The van der Waals surface area contributed by atoms with Crippen molar-refractivity contribution in [3.05, 3.63) is 53.9 Å². The highest BCUT2D eigenvalue weighted by Gasteiger charge is 2.09. The first-order chi connectivity index (χ1) is 9.74. The molecule has 21 heavy (non-hydrogen) atoms. The lowest BCUT2D eigenvalue weighted by atomic mass is 10.0. The van der Waals surface area contributed by atoms with E-state index in [9.17, 15) is 4.79 Å². The normalized spacial score (nSPS) is 9.62. The van der Waals surface area contributed by atoms with Crippen molar-refractivity contribution < 1.29 is 38.1 Å². The van der Waals surface area contributed by atoms with Crippen molar-refractivity contribution in [1.82, 2.24) is 0 Å². The van der Waals surface area contributed by atoms with Crippen LogP contribution in [0.5, 0.6) is 5.75 Å². The second kappa shape index (κ2) is 8.61. The van der Waals surface area contributed by atoms with Gasteiger partial charge >= 0.3 is 0 Å². The molecule has 0 aliphatic rings. The maximum absolute atomic E-state index is 10.7. The van der Waals surface area contributed by atoms with Crippen LogP contribution in [0.3, 0.4) is 0 Å².